The van der Waals surface area contributed by atoms with Crippen LogP contribution in [0.5, 0.6) is 0 Å². The Hall–Kier alpha value is -0.570. The zero-order chi connectivity index (χ0) is 12.2. The minimum Gasteiger partial charge on any atom is -0.343 e. The highest BCUT2D eigenvalue weighted by Crippen LogP contribution is 2.30. The molecule has 0 saturated heterocycles. The maximum atomic E-state index is 12.1. The Balaban J connectivity index is 2.48. The van der Waals surface area contributed by atoms with Gasteiger partial charge >= 0.3 is 0 Å². The second-order valence-electron chi connectivity index (χ2n) is 5.57. The maximum absolute atomic E-state index is 12.1. The molecule has 3 heteroatoms. The molecule has 1 amide bonds. The van der Waals surface area contributed by atoms with Gasteiger partial charge in [-0.25, -0.2) is 0 Å². The van der Waals surface area contributed by atoms with Crippen molar-refractivity contribution in [1.82, 2.24) is 4.90 Å². The summed E-state index contributed by atoms with van der Waals surface area (Å²) in [5.41, 5.74) is 6.03. The average molecular weight is 226 g/mol. The Morgan fingerprint density at radius 3 is 2.38 bits per heavy atom. The van der Waals surface area contributed by atoms with E-state index in [4.69, 9.17) is 5.73 Å². The third-order valence-electron chi connectivity index (χ3n) is 3.42. The molecule has 1 rings (SSSR count). The zero-order valence-electron chi connectivity index (χ0n) is 11.0. The van der Waals surface area contributed by atoms with Gasteiger partial charge in [-0.1, -0.05) is 26.7 Å². The second-order valence-corrected chi connectivity index (χ2v) is 5.57. The van der Waals surface area contributed by atoms with Crippen LogP contribution in [0, 0.1) is 5.92 Å². The van der Waals surface area contributed by atoms with Gasteiger partial charge in [0.15, 0.2) is 0 Å². The quantitative estimate of drug-likeness (QED) is 0.781. The van der Waals surface area contributed by atoms with E-state index in [1.54, 1.807) is 0 Å². The molecule has 1 saturated carbocycles. The van der Waals surface area contributed by atoms with Gasteiger partial charge in [-0.3, -0.25) is 4.79 Å². The summed E-state index contributed by atoms with van der Waals surface area (Å²) in [4.78, 5) is 14.1. The highest BCUT2D eigenvalue weighted by Gasteiger charge is 2.33. The van der Waals surface area contributed by atoms with Crippen LogP contribution in [0.15, 0.2) is 0 Å². The Labute approximate surface area is 99.4 Å². The first-order valence-electron chi connectivity index (χ1n) is 6.53. The van der Waals surface area contributed by atoms with Crippen LogP contribution in [0.3, 0.4) is 0 Å². The predicted octanol–water partition coefficient (Wildman–Crippen LogP) is 2.15. The molecule has 0 aliphatic heterocycles. The first kappa shape index (κ1) is 13.5. The van der Waals surface area contributed by atoms with E-state index in [9.17, 15) is 4.79 Å². The summed E-state index contributed by atoms with van der Waals surface area (Å²) in [5.74, 6) is 0.766. The molecule has 0 heterocycles. The van der Waals surface area contributed by atoms with E-state index in [1.807, 2.05) is 11.8 Å². The number of hydrogen-bond acceptors (Lipinski definition) is 2. The first-order chi connectivity index (χ1) is 7.47. The van der Waals surface area contributed by atoms with Gasteiger partial charge in [0.25, 0.3) is 0 Å². The number of rotatable bonds is 5. The number of nitrogens with zero attached hydrogens (tertiary/aromatic N) is 1. The topological polar surface area (TPSA) is 46.3 Å². The molecule has 1 fully saturated rings. The predicted molar refractivity (Wildman–Crippen MR) is 67.1 cm³/mol. The van der Waals surface area contributed by atoms with E-state index in [1.165, 1.54) is 12.8 Å². The SMILES string of the molecule is CCN(CC(C)C)C(=O)CC1(N)CCCC1. The molecule has 0 aromatic heterocycles. The number of nitrogens with two attached hydrogens (primary N) is 1. The van der Waals surface area contributed by atoms with Crippen molar-refractivity contribution in [3.8, 4) is 0 Å². The molecule has 0 radical (unpaired) electrons. The fraction of sp³-hybridized carbons (Fsp3) is 0.923. The molecule has 3 nitrogen and oxygen atoms in total. The summed E-state index contributed by atoms with van der Waals surface area (Å²) in [6.07, 6.45) is 4.92. The third kappa shape index (κ3) is 3.78. The fourth-order valence-corrected chi connectivity index (χ4v) is 2.52. The Kier molecular flexibility index (Phi) is 4.78. The molecule has 16 heavy (non-hydrogen) atoms. The molecule has 94 valence electrons. The van der Waals surface area contributed by atoms with Crippen molar-refractivity contribution in [2.75, 3.05) is 13.1 Å². The van der Waals surface area contributed by atoms with Crippen molar-refractivity contribution in [3.05, 3.63) is 0 Å². The zero-order valence-corrected chi connectivity index (χ0v) is 11.0. The first-order valence-corrected chi connectivity index (χ1v) is 6.53. The van der Waals surface area contributed by atoms with E-state index < -0.39 is 0 Å². The highest BCUT2D eigenvalue weighted by atomic mass is 16.2. The lowest BCUT2D eigenvalue weighted by molar-refractivity contribution is -0.132. The van der Waals surface area contributed by atoms with Crippen LogP contribution in [0.2, 0.25) is 0 Å². The molecule has 0 unspecified atom stereocenters. The van der Waals surface area contributed by atoms with Crippen LogP contribution >= 0.6 is 0 Å². The molecule has 0 atom stereocenters. The Bertz CT molecular complexity index is 232. The van der Waals surface area contributed by atoms with Gasteiger partial charge in [0.2, 0.25) is 5.91 Å². The molecule has 1 aliphatic rings. The van der Waals surface area contributed by atoms with Crippen molar-refractivity contribution in [2.45, 2.75) is 58.4 Å². The van der Waals surface area contributed by atoms with Crippen LogP contribution in [0.4, 0.5) is 0 Å². The Morgan fingerprint density at radius 2 is 1.94 bits per heavy atom. The van der Waals surface area contributed by atoms with Crippen LogP contribution in [0.25, 0.3) is 0 Å². The van der Waals surface area contributed by atoms with Crippen molar-refractivity contribution in [1.29, 1.82) is 0 Å². The number of carbonyl (C=O) groups is 1. The van der Waals surface area contributed by atoms with Gasteiger partial charge in [-0.05, 0) is 25.7 Å². The van der Waals surface area contributed by atoms with Gasteiger partial charge < -0.3 is 10.6 Å². The standard InChI is InChI=1S/C13H26N2O/c1-4-15(10-11(2)3)12(16)9-13(14)7-5-6-8-13/h11H,4-10,14H2,1-3H3. The second kappa shape index (κ2) is 5.67. The van der Waals surface area contributed by atoms with Gasteiger partial charge in [0.05, 0.1) is 0 Å². The molecule has 0 spiro atoms. The summed E-state index contributed by atoms with van der Waals surface area (Å²) in [7, 11) is 0. The van der Waals surface area contributed by atoms with Crippen LogP contribution < -0.4 is 5.73 Å². The van der Waals surface area contributed by atoms with Gasteiger partial charge in [-0.2, -0.15) is 0 Å². The molecule has 0 aromatic carbocycles. The maximum Gasteiger partial charge on any atom is 0.224 e. The third-order valence-corrected chi connectivity index (χ3v) is 3.42. The summed E-state index contributed by atoms with van der Waals surface area (Å²) in [6, 6.07) is 0. The van der Waals surface area contributed by atoms with Crippen molar-refractivity contribution in [2.24, 2.45) is 11.7 Å². The van der Waals surface area contributed by atoms with Crippen LogP contribution in [-0.2, 0) is 4.79 Å². The fourth-order valence-electron chi connectivity index (χ4n) is 2.52. The lowest BCUT2D eigenvalue weighted by Crippen LogP contribution is -2.44. The van der Waals surface area contributed by atoms with E-state index in [0.717, 1.165) is 25.9 Å². The molecule has 2 N–H and O–H groups in total. The molecular formula is C13H26N2O. The lowest BCUT2D eigenvalue weighted by Gasteiger charge is -2.29. The molecule has 1 aliphatic carbocycles. The molecule has 0 aromatic rings. The van der Waals surface area contributed by atoms with E-state index >= 15 is 0 Å². The normalized spacial score (nSPS) is 19.1. The average Bonchev–Trinajstić information content (AvgIpc) is 2.60. The van der Waals surface area contributed by atoms with E-state index in [-0.39, 0.29) is 11.4 Å². The monoisotopic (exact) mass is 226 g/mol. The summed E-state index contributed by atoms with van der Waals surface area (Å²) in [6.45, 7) is 7.98. The van der Waals surface area contributed by atoms with Crippen LogP contribution in [-0.4, -0.2) is 29.4 Å². The molecule has 0 bridgehead atoms. The lowest BCUT2D eigenvalue weighted by atomic mass is 9.94. The van der Waals surface area contributed by atoms with Gasteiger partial charge in [0, 0.05) is 25.0 Å². The Morgan fingerprint density at radius 1 is 1.38 bits per heavy atom. The smallest absolute Gasteiger partial charge is 0.224 e. The number of hydrogen-bond donors (Lipinski definition) is 1. The summed E-state index contributed by atoms with van der Waals surface area (Å²) in [5, 5.41) is 0. The number of carbonyl (C=O) groups excluding carboxylic acids is 1. The van der Waals surface area contributed by atoms with Gasteiger partial charge in [0.1, 0.15) is 0 Å². The largest absolute Gasteiger partial charge is 0.343 e. The summed E-state index contributed by atoms with van der Waals surface area (Å²) >= 11 is 0. The van der Waals surface area contributed by atoms with Crippen molar-refractivity contribution in [3.63, 3.8) is 0 Å². The summed E-state index contributed by atoms with van der Waals surface area (Å²) < 4.78 is 0. The minimum atomic E-state index is -0.207. The van der Waals surface area contributed by atoms with Gasteiger partial charge in [-0.15, -0.1) is 0 Å². The van der Waals surface area contributed by atoms with Crippen molar-refractivity contribution < 1.29 is 4.79 Å². The van der Waals surface area contributed by atoms with Crippen LogP contribution in [0.1, 0.15) is 52.9 Å². The minimum absolute atomic E-state index is 0.207. The van der Waals surface area contributed by atoms with Crippen molar-refractivity contribution >= 4 is 5.91 Å². The van der Waals surface area contributed by atoms with E-state index in [0.29, 0.717) is 12.3 Å². The van der Waals surface area contributed by atoms with E-state index in [2.05, 4.69) is 13.8 Å². The number of amides is 1. The highest BCUT2D eigenvalue weighted by molar-refractivity contribution is 5.77. The molecular weight excluding hydrogens is 200 g/mol.